The minimum absolute atomic E-state index is 0.111. The molecule has 3 aromatic rings. The van der Waals surface area contributed by atoms with Crippen LogP contribution in [0.25, 0.3) is 11.4 Å². The Morgan fingerprint density at radius 2 is 1.90 bits per heavy atom. The van der Waals surface area contributed by atoms with Crippen molar-refractivity contribution in [2.45, 2.75) is 39.7 Å². The van der Waals surface area contributed by atoms with Gasteiger partial charge >= 0.3 is 0 Å². The lowest BCUT2D eigenvalue weighted by Crippen LogP contribution is -2.36. The zero-order chi connectivity index (χ0) is 21.0. The molecule has 6 nitrogen and oxygen atoms in total. The number of carbonyl (C=O) groups excluding carboxylic acids is 1. The average molecular weight is 400 g/mol. The van der Waals surface area contributed by atoms with E-state index < -0.39 is 6.04 Å². The number of aryl methyl sites for hydroxylation is 1. The first kappa shape index (κ1) is 18.6. The van der Waals surface area contributed by atoms with Gasteiger partial charge in [-0.05, 0) is 36.5 Å². The molecule has 2 aliphatic rings. The van der Waals surface area contributed by atoms with Gasteiger partial charge in [0.05, 0.1) is 0 Å². The number of aromatic nitrogens is 3. The van der Waals surface area contributed by atoms with Crippen LogP contribution >= 0.6 is 0 Å². The number of allylic oxidation sites excluding steroid dienone is 2. The maximum atomic E-state index is 13.2. The molecule has 6 heteroatoms. The standard InChI is InChI=1S/C24H24N4O2/c1-14-7-9-15(10-8-14)22-26-23-25-18-12-24(2,3)13-19(30)20(18)21(28(23)27-22)16-5-4-6-17(29)11-16/h4-11,21,29H,12-13H2,1-3H3,(H,25,26,27). The minimum atomic E-state index is -0.418. The Morgan fingerprint density at radius 1 is 1.13 bits per heavy atom. The second-order valence-corrected chi connectivity index (χ2v) is 9.03. The third-order valence-electron chi connectivity index (χ3n) is 5.83. The van der Waals surface area contributed by atoms with Crippen molar-refractivity contribution in [2.24, 2.45) is 5.41 Å². The van der Waals surface area contributed by atoms with Gasteiger partial charge in [-0.1, -0.05) is 55.8 Å². The van der Waals surface area contributed by atoms with Gasteiger partial charge in [0.1, 0.15) is 11.8 Å². The molecule has 0 bridgehead atoms. The quantitative estimate of drug-likeness (QED) is 0.656. The molecule has 2 N–H and O–H groups in total. The Morgan fingerprint density at radius 3 is 2.63 bits per heavy atom. The molecule has 1 atom stereocenters. The van der Waals surface area contributed by atoms with Gasteiger partial charge < -0.3 is 10.4 Å². The molecule has 152 valence electrons. The minimum Gasteiger partial charge on any atom is -0.508 e. The van der Waals surface area contributed by atoms with Crippen molar-refractivity contribution in [3.8, 4) is 17.1 Å². The first-order chi connectivity index (χ1) is 14.3. The van der Waals surface area contributed by atoms with Crippen LogP contribution in [0.5, 0.6) is 5.75 Å². The Bertz CT molecular complexity index is 1190. The number of benzene rings is 2. The number of phenols is 1. The molecule has 0 spiro atoms. The van der Waals surface area contributed by atoms with Crippen LogP contribution < -0.4 is 5.32 Å². The van der Waals surface area contributed by atoms with Crippen LogP contribution in [0.2, 0.25) is 0 Å². The van der Waals surface area contributed by atoms with Crippen molar-refractivity contribution in [2.75, 3.05) is 5.32 Å². The number of Topliss-reactive ketones (excluding diaryl/α,β-unsaturated/α-hetero) is 1. The fourth-order valence-corrected chi connectivity index (χ4v) is 4.44. The van der Waals surface area contributed by atoms with Crippen molar-refractivity contribution in [3.05, 3.63) is 70.9 Å². The smallest absolute Gasteiger partial charge is 0.226 e. The number of nitrogens with one attached hydrogen (secondary N) is 1. The normalized spacial score (nSPS) is 19.8. The fourth-order valence-electron chi connectivity index (χ4n) is 4.44. The summed E-state index contributed by atoms with van der Waals surface area (Å²) in [4.78, 5) is 18.0. The molecule has 2 aromatic carbocycles. The molecular weight excluding hydrogens is 376 g/mol. The largest absolute Gasteiger partial charge is 0.508 e. The highest BCUT2D eigenvalue weighted by molar-refractivity contribution is 6.00. The molecule has 1 unspecified atom stereocenters. The second kappa shape index (κ2) is 6.55. The van der Waals surface area contributed by atoms with Crippen molar-refractivity contribution < 1.29 is 9.90 Å². The highest BCUT2D eigenvalue weighted by atomic mass is 16.3. The van der Waals surface area contributed by atoms with E-state index in [9.17, 15) is 9.90 Å². The van der Waals surface area contributed by atoms with Crippen LogP contribution in [-0.4, -0.2) is 25.7 Å². The predicted molar refractivity (Wildman–Crippen MR) is 115 cm³/mol. The number of anilines is 1. The highest BCUT2D eigenvalue weighted by Gasteiger charge is 2.41. The second-order valence-electron chi connectivity index (χ2n) is 9.03. The van der Waals surface area contributed by atoms with E-state index in [-0.39, 0.29) is 16.9 Å². The van der Waals surface area contributed by atoms with Crippen molar-refractivity contribution in [1.82, 2.24) is 14.8 Å². The summed E-state index contributed by atoms with van der Waals surface area (Å²) in [5.74, 6) is 1.50. The lowest BCUT2D eigenvalue weighted by Gasteiger charge is -2.38. The SMILES string of the molecule is Cc1ccc(-c2nc3n(n2)C(c2cccc(O)c2)C2=C(CC(C)(C)CC2=O)N3)cc1. The molecule has 5 rings (SSSR count). The zero-order valence-electron chi connectivity index (χ0n) is 17.3. The summed E-state index contributed by atoms with van der Waals surface area (Å²) in [7, 11) is 0. The zero-order valence-corrected chi connectivity index (χ0v) is 17.3. The number of nitrogens with zero attached hydrogens (tertiary/aromatic N) is 3. The van der Waals surface area contributed by atoms with Crippen molar-refractivity contribution in [3.63, 3.8) is 0 Å². The molecule has 0 fully saturated rings. The average Bonchev–Trinajstić information content (AvgIpc) is 3.09. The topological polar surface area (TPSA) is 80.0 Å². The van der Waals surface area contributed by atoms with Crippen molar-refractivity contribution in [1.29, 1.82) is 0 Å². The van der Waals surface area contributed by atoms with Gasteiger partial charge in [0, 0.05) is 23.3 Å². The first-order valence-electron chi connectivity index (χ1n) is 10.2. The lowest BCUT2D eigenvalue weighted by atomic mass is 9.73. The van der Waals surface area contributed by atoms with Gasteiger partial charge in [-0.3, -0.25) is 4.79 Å². The highest BCUT2D eigenvalue weighted by Crippen LogP contribution is 2.46. The summed E-state index contributed by atoms with van der Waals surface area (Å²) in [5, 5.41) is 18.2. The third kappa shape index (κ3) is 3.09. The molecule has 30 heavy (non-hydrogen) atoms. The van der Waals surface area contributed by atoms with Gasteiger partial charge in [0.2, 0.25) is 5.95 Å². The number of phenolic OH excluding ortho intramolecular Hbond substituents is 1. The molecule has 1 aromatic heterocycles. The Kier molecular flexibility index (Phi) is 4.07. The first-order valence-corrected chi connectivity index (χ1v) is 10.2. The van der Waals surface area contributed by atoms with Crippen LogP contribution in [0.4, 0.5) is 5.95 Å². The summed E-state index contributed by atoms with van der Waals surface area (Å²) in [6, 6.07) is 14.7. The maximum absolute atomic E-state index is 13.2. The molecule has 0 saturated heterocycles. The Labute approximate surface area is 175 Å². The van der Waals surface area contributed by atoms with E-state index in [1.807, 2.05) is 37.3 Å². The van der Waals surface area contributed by atoms with Gasteiger partial charge in [0.15, 0.2) is 11.6 Å². The number of hydrogen-bond donors (Lipinski definition) is 2. The molecule has 0 saturated carbocycles. The molecular formula is C24H24N4O2. The van der Waals surface area contributed by atoms with Gasteiger partial charge in [-0.15, -0.1) is 5.10 Å². The van der Waals surface area contributed by atoms with Crippen LogP contribution in [-0.2, 0) is 4.79 Å². The van der Waals surface area contributed by atoms with Gasteiger partial charge in [0.25, 0.3) is 0 Å². The molecule has 0 amide bonds. The van der Waals surface area contributed by atoms with E-state index >= 15 is 0 Å². The number of carbonyl (C=O) groups is 1. The van der Waals surface area contributed by atoms with Crippen molar-refractivity contribution >= 4 is 11.7 Å². The summed E-state index contributed by atoms with van der Waals surface area (Å²) in [6.07, 6.45) is 1.24. The van der Waals surface area contributed by atoms with Crippen LogP contribution in [0.1, 0.15) is 43.9 Å². The monoisotopic (exact) mass is 400 g/mol. The number of ketones is 1. The molecule has 1 aliphatic carbocycles. The number of fused-ring (bicyclic) bond motifs is 1. The van der Waals surface area contributed by atoms with E-state index in [1.165, 1.54) is 5.56 Å². The van der Waals surface area contributed by atoms with E-state index in [2.05, 4.69) is 19.2 Å². The third-order valence-corrected chi connectivity index (χ3v) is 5.83. The van der Waals surface area contributed by atoms with E-state index in [4.69, 9.17) is 10.1 Å². The Balaban J connectivity index is 1.68. The molecule has 0 radical (unpaired) electrons. The number of aromatic hydroxyl groups is 1. The van der Waals surface area contributed by atoms with E-state index in [0.29, 0.717) is 23.8 Å². The van der Waals surface area contributed by atoms with E-state index in [0.717, 1.165) is 23.2 Å². The number of rotatable bonds is 2. The van der Waals surface area contributed by atoms with Crippen LogP contribution in [0.15, 0.2) is 59.8 Å². The predicted octanol–water partition coefficient (Wildman–Crippen LogP) is 4.62. The summed E-state index contributed by atoms with van der Waals surface area (Å²) in [6.45, 7) is 6.26. The van der Waals surface area contributed by atoms with Crippen LogP contribution in [0, 0.1) is 12.3 Å². The summed E-state index contributed by atoms with van der Waals surface area (Å²) in [5.41, 5.74) is 4.41. The summed E-state index contributed by atoms with van der Waals surface area (Å²) >= 11 is 0. The maximum Gasteiger partial charge on any atom is 0.226 e. The van der Waals surface area contributed by atoms with Gasteiger partial charge in [-0.2, -0.15) is 4.98 Å². The Hall–Kier alpha value is -3.41. The number of hydrogen-bond acceptors (Lipinski definition) is 5. The molecule has 1 aliphatic heterocycles. The lowest BCUT2D eigenvalue weighted by molar-refractivity contribution is -0.118. The van der Waals surface area contributed by atoms with Gasteiger partial charge in [-0.25, -0.2) is 4.68 Å². The van der Waals surface area contributed by atoms with Crippen LogP contribution in [0.3, 0.4) is 0 Å². The summed E-state index contributed by atoms with van der Waals surface area (Å²) < 4.78 is 1.78. The fraction of sp³-hybridized carbons (Fsp3) is 0.292. The van der Waals surface area contributed by atoms with E-state index in [1.54, 1.807) is 22.9 Å². The molecule has 2 heterocycles.